The molecule has 0 radical (unpaired) electrons. The zero-order valence-electron chi connectivity index (χ0n) is 10.7. The van der Waals surface area contributed by atoms with E-state index in [2.05, 4.69) is 10.2 Å². The van der Waals surface area contributed by atoms with Gasteiger partial charge in [-0.1, -0.05) is 18.6 Å². The van der Waals surface area contributed by atoms with Crippen molar-refractivity contribution >= 4 is 5.97 Å². The van der Waals surface area contributed by atoms with Crippen LogP contribution in [0.4, 0.5) is 0 Å². The molecule has 0 atom stereocenters. The van der Waals surface area contributed by atoms with Gasteiger partial charge in [0.25, 0.3) is 5.89 Å². The highest BCUT2D eigenvalue weighted by molar-refractivity contribution is 5.91. The van der Waals surface area contributed by atoms with Gasteiger partial charge in [-0.2, -0.15) is 0 Å². The first-order chi connectivity index (χ1) is 9.10. The molecular formula is C13H14N2O4. The maximum absolute atomic E-state index is 11.1. The molecular weight excluding hydrogens is 248 g/mol. The first kappa shape index (κ1) is 13.1. The highest BCUT2D eigenvalue weighted by Crippen LogP contribution is 2.21. The smallest absolute Gasteiger partial charge is 0.339 e. The van der Waals surface area contributed by atoms with E-state index in [0.29, 0.717) is 18.2 Å². The van der Waals surface area contributed by atoms with Crippen LogP contribution in [0.15, 0.2) is 22.6 Å². The van der Waals surface area contributed by atoms with E-state index in [1.54, 1.807) is 18.2 Å². The Hall–Kier alpha value is -2.37. The summed E-state index contributed by atoms with van der Waals surface area (Å²) in [7, 11) is 0. The predicted octanol–water partition coefficient (Wildman–Crippen LogP) is 2.22. The number of aromatic carboxylic acids is 1. The average Bonchev–Trinajstić information content (AvgIpc) is 2.85. The molecule has 0 amide bonds. The summed E-state index contributed by atoms with van der Waals surface area (Å²) < 4.78 is 10.7. The van der Waals surface area contributed by atoms with Crippen LogP contribution in [0.25, 0.3) is 0 Å². The standard InChI is InChI=1S/C13H14N2O4/c1-3-11-14-15-12(19-11)7-18-10-5-4-8(2)6-9(10)13(16)17/h4-6H,3,7H2,1-2H3,(H,16,17). The van der Waals surface area contributed by atoms with Crippen LogP contribution in [0.5, 0.6) is 5.75 Å². The van der Waals surface area contributed by atoms with Crippen LogP contribution in [0, 0.1) is 6.92 Å². The van der Waals surface area contributed by atoms with Gasteiger partial charge in [0.1, 0.15) is 11.3 Å². The van der Waals surface area contributed by atoms with Gasteiger partial charge in [-0.25, -0.2) is 4.79 Å². The molecule has 1 aromatic carbocycles. The number of carboxylic acid groups (broad SMARTS) is 1. The highest BCUT2D eigenvalue weighted by Gasteiger charge is 2.13. The number of nitrogens with zero attached hydrogens (tertiary/aromatic N) is 2. The fourth-order valence-corrected chi connectivity index (χ4v) is 1.57. The van der Waals surface area contributed by atoms with Crippen molar-refractivity contribution in [1.82, 2.24) is 10.2 Å². The van der Waals surface area contributed by atoms with Crippen molar-refractivity contribution in [1.29, 1.82) is 0 Å². The molecule has 0 fully saturated rings. The van der Waals surface area contributed by atoms with E-state index in [1.165, 1.54) is 0 Å². The molecule has 1 heterocycles. The molecule has 0 saturated carbocycles. The van der Waals surface area contributed by atoms with E-state index in [4.69, 9.17) is 14.3 Å². The van der Waals surface area contributed by atoms with Gasteiger partial charge in [0.2, 0.25) is 5.89 Å². The van der Waals surface area contributed by atoms with Crippen LogP contribution >= 0.6 is 0 Å². The van der Waals surface area contributed by atoms with Crippen LogP contribution < -0.4 is 4.74 Å². The van der Waals surface area contributed by atoms with E-state index < -0.39 is 5.97 Å². The van der Waals surface area contributed by atoms with E-state index in [0.717, 1.165) is 5.56 Å². The van der Waals surface area contributed by atoms with Crippen LogP contribution in [-0.2, 0) is 13.0 Å². The Morgan fingerprint density at radius 1 is 1.37 bits per heavy atom. The molecule has 2 aromatic rings. The van der Waals surface area contributed by atoms with E-state index in [9.17, 15) is 4.79 Å². The molecule has 1 N–H and O–H groups in total. The number of aryl methyl sites for hydroxylation is 2. The highest BCUT2D eigenvalue weighted by atomic mass is 16.5. The maximum atomic E-state index is 11.1. The third-order valence-corrected chi connectivity index (χ3v) is 2.53. The number of hydrogen-bond donors (Lipinski definition) is 1. The van der Waals surface area contributed by atoms with Crippen molar-refractivity contribution in [3.05, 3.63) is 41.1 Å². The van der Waals surface area contributed by atoms with E-state index >= 15 is 0 Å². The minimum absolute atomic E-state index is 0.0519. The fraction of sp³-hybridized carbons (Fsp3) is 0.308. The lowest BCUT2D eigenvalue weighted by Crippen LogP contribution is -2.04. The Morgan fingerprint density at radius 3 is 2.74 bits per heavy atom. The number of carboxylic acids is 1. The molecule has 6 nitrogen and oxygen atoms in total. The predicted molar refractivity (Wildman–Crippen MR) is 66.1 cm³/mol. The topological polar surface area (TPSA) is 85.5 Å². The first-order valence-corrected chi connectivity index (χ1v) is 5.88. The maximum Gasteiger partial charge on any atom is 0.339 e. The average molecular weight is 262 g/mol. The van der Waals surface area contributed by atoms with Gasteiger partial charge >= 0.3 is 5.97 Å². The molecule has 0 aliphatic carbocycles. The summed E-state index contributed by atoms with van der Waals surface area (Å²) in [5.41, 5.74) is 0.978. The summed E-state index contributed by atoms with van der Waals surface area (Å²) in [5, 5.41) is 16.7. The van der Waals surface area contributed by atoms with Gasteiger partial charge < -0.3 is 14.3 Å². The Bertz CT molecular complexity index is 592. The molecule has 1 aromatic heterocycles. The summed E-state index contributed by atoms with van der Waals surface area (Å²) in [4.78, 5) is 11.1. The minimum atomic E-state index is -1.03. The van der Waals surface area contributed by atoms with Crippen molar-refractivity contribution in [2.45, 2.75) is 26.9 Å². The van der Waals surface area contributed by atoms with Crippen molar-refractivity contribution in [3.8, 4) is 5.75 Å². The summed E-state index contributed by atoms with van der Waals surface area (Å²) in [6.45, 7) is 3.78. The SMILES string of the molecule is CCc1nnc(COc2ccc(C)cc2C(=O)O)o1. The molecule has 0 bridgehead atoms. The van der Waals surface area contributed by atoms with Crippen molar-refractivity contribution in [2.24, 2.45) is 0 Å². The van der Waals surface area contributed by atoms with Gasteiger partial charge in [-0.05, 0) is 19.1 Å². The van der Waals surface area contributed by atoms with Gasteiger partial charge in [0, 0.05) is 6.42 Å². The van der Waals surface area contributed by atoms with Gasteiger partial charge in [0.05, 0.1) is 0 Å². The van der Waals surface area contributed by atoms with Crippen LogP contribution in [0.3, 0.4) is 0 Å². The number of rotatable bonds is 5. The molecule has 19 heavy (non-hydrogen) atoms. The molecule has 100 valence electrons. The normalized spacial score (nSPS) is 10.4. The van der Waals surface area contributed by atoms with Gasteiger partial charge in [0.15, 0.2) is 6.61 Å². The lowest BCUT2D eigenvalue weighted by atomic mass is 10.1. The van der Waals surface area contributed by atoms with Crippen molar-refractivity contribution in [2.75, 3.05) is 0 Å². The first-order valence-electron chi connectivity index (χ1n) is 5.88. The Balaban J connectivity index is 2.12. The summed E-state index contributed by atoms with van der Waals surface area (Å²) in [5.74, 6) is 0.113. The van der Waals surface area contributed by atoms with Crippen LogP contribution in [0.2, 0.25) is 0 Å². The van der Waals surface area contributed by atoms with Gasteiger partial charge in [-0.15, -0.1) is 10.2 Å². The monoisotopic (exact) mass is 262 g/mol. The minimum Gasteiger partial charge on any atom is -0.483 e. The molecule has 0 spiro atoms. The Labute approximate surface area is 110 Å². The number of aromatic nitrogens is 2. The Kier molecular flexibility index (Phi) is 3.79. The summed E-state index contributed by atoms with van der Waals surface area (Å²) in [6.07, 6.45) is 0.651. The van der Waals surface area contributed by atoms with E-state index in [1.807, 2.05) is 13.8 Å². The number of hydrogen-bond acceptors (Lipinski definition) is 5. The third kappa shape index (κ3) is 3.09. The number of benzene rings is 1. The second-order valence-corrected chi connectivity index (χ2v) is 4.04. The molecule has 0 aliphatic heterocycles. The molecule has 0 aliphatic rings. The lowest BCUT2D eigenvalue weighted by Gasteiger charge is -2.07. The summed E-state index contributed by atoms with van der Waals surface area (Å²) >= 11 is 0. The van der Waals surface area contributed by atoms with Crippen LogP contribution in [-0.4, -0.2) is 21.3 Å². The quantitative estimate of drug-likeness (QED) is 0.889. The molecule has 6 heteroatoms. The lowest BCUT2D eigenvalue weighted by molar-refractivity contribution is 0.0691. The zero-order valence-corrected chi connectivity index (χ0v) is 10.7. The zero-order chi connectivity index (χ0) is 13.8. The summed E-state index contributed by atoms with van der Waals surface area (Å²) in [6, 6.07) is 4.96. The van der Waals surface area contributed by atoms with Crippen molar-refractivity contribution in [3.63, 3.8) is 0 Å². The van der Waals surface area contributed by atoms with E-state index in [-0.39, 0.29) is 17.9 Å². The second kappa shape index (κ2) is 5.51. The molecule has 0 saturated heterocycles. The number of carbonyl (C=O) groups is 1. The molecule has 0 unspecified atom stereocenters. The fourth-order valence-electron chi connectivity index (χ4n) is 1.57. The van der Waals surface area contributed by atoms with Gasteiger partial charge in [-0.3, -0.25) is 0 Å². The second-order valence-electron chi connectivity index (χ2n) is 4.04. The largest absolute Gasteiger partial charge is 0.483 e. The number of ether oxygens (including phenoxy) is 1. The molecule has 2 rings (SSSR count). The third-order valence-electron chi connectivity index (χ3n) is 2.53. The van der Waals surface area contributed by atoms with Crippen molar-refractivity contribution < 1.29 is 19.1 Å². The Morgan fingerprint density at radius 2 is 2.11 bits per heavy atom. The van der Waals surface area contributed by atoms with Crippen LogP contribution in [0.1, 0.15) is 34.6 Å².